The summed E-state index contributed by atoms with van der Waals surface area (Å²) in [5.74, 6) is -0.438. The van der Waals surface area contributed by atoms with Gasteiger partial charge in [-0.05, 0) is 54.5 Å². The van der Waals surface area contributed by atoms with E-state index in [1.165, 1.54) is 7.05 Å². The minimum Gasteiger partial charge on any atom is -0.427 e. The van der Waals surface area contributed by atoms with Crippen molar-refractivity contribution in [2.75, 3.05) is 25.5 Å². The number of halogens is 1. The Bertz CT molecular complexity index is 1250. The fourth-order valence-electron chi connectivity index (χ4n) is 4.86. The van der Waals surface area contributed by atoms with E-state index in [1.54, 1.807) is 29.2 Å². The molecule has 5 rings (SSSR count). The number of anilines is 1. The van der Waals surface area contributed by atoms with Crippen molar-refractivity contribution < 1.29 is 23.9 Å². The minimum absolute atomic E-state index is 0.284. The highest BCUT2D eigenvalue weighted by molar-refractivity contribution is 6.31. The molecule has 2 aliphatic carbocycles. The number of hydrogen-bond donors (Lipinski definition) is 2. The normalized spacial score (nSPS) is 20.3. The predicted octanol–water partition coefficient (Wildman–Crippen LogP) is 3.65. The molecule has 3 aliphatic rings. The molecule has 1 saturated carbocycles. The third kappa shape index (κ3) is 4.51. The topological polar surface area (TPSA) is 108 Å². The molecule has 1 atom stereocenters. The van der Waals surface area contributed by atoms with E-state index in [-0.39, 0.29) is 24.9 Å². The summed E-state index contributed by atoms with van der Waals surface area (Å²) in [4.78, 5) is 53.9. The summed E-state index contributed by atoms with van der Waals surface area (Å²) in [5.41, 5.74) is 1.34. The Morgan fingerprint density at radius 1 is 1.19 bits per heavy atom. The van der Waals surface area contributed by atoms with Gasteiger partial charge in [0, 0.05) is 42.8 Å². The summed E-state index contributed by atoms with van der Waals surface area (Å²) >= 11 is 6.32. The van der Waals surface area contributed by atoms with Crippen molar-refractivity contribution >= 4 is 41.2 Å². The van der Waals surface area contributed by atoms with Crippen molar-refractivity contribution in [3.8, 4) is 0 Å². The van der Waals surface area contributed by atoms with Crippen LogP contribution in [0.1, 0.15) is 36.0 Å². The van der Waals surface area contributed by atoms with Crippen LogP contribution in [0.5, 0.6) is 0 Å². The summed E-state index contributed by atoms with van der Waals surface area (Å²) in [5, 5.41) is 5.75. The van der Waals surface area contributed by atoms with E-state index in [4.69, 9.17) is 16.3 Å². The van der Waals surface area contributed by atoms with Gasteiger partial charge in [0.1, 0.15) is 6.54 Å². The van der Waals surface area contributed by atoms with E-state index in [9.17, 15) is 19.2 Å². The molecule has 1 aliphatic heterocycles. The number of rotatable bonds is 7. The van der Waals surface area contributed by atoms with Crippen LogP contribution in [0.4, 0.5) is 15.3 Å². The Hall–Kier alpha value is -3.59. The summed E-state index contributed by atoms with van der Waals surface area (Å²) in [6.07, 6.45) is 2.06. The number of nitrogens with one attached hydrogen (secondary N) is 2. The molecule has 2 fully saturated rings. The lowest BCUT2D eigenvalue weighted by molar-refractivity contribution is -0.142. The standard InChI is InChI=1S/C26H27ClN4O5/c1-28-24(34)29-19-8-9-20-17(12-19)10-11-26(20)23(33)31(25(35)36-26)15-22(32)30(13-16-6-7-16)14-18-4-2-3-5-21(18)27/h2-5,8-9,12,16H,6-7,10-11,13-15H2,1H3,(H2,28,29,34)/t26-/m1/s1. The number of carbonyl (C=O) groups is 4. The van der Waals surface area contributed by atoms with E-state index < -0.39 is 17.6 Å². The number of hydrogen-bond acceptors (Lipinski definition) is 5. The van der Waals surface area contributed by atoms with Gasteiger partial charge < -0.3 is 20.3 Å². The molecular formula is C26H27ClN4O5. The highest BCUT2D eigenvalue weighted by Crippen LogP contribution is 2.46. The van der Waals surface area contributed by atoms with Crippen molar-refractivity contribution in [3.63, 3.8) is 0 Å². The Balaban J connectivity index is 1.33. The second-order valence-electron chi connectivity index (χ2n) is 9.47. The maximum Gasteiger partial charge on any atom is 0.418 e. The highest BCUT2D eigenvalue weighted by Gasteiger charge is 2.58. The lowest BCUT2D eigenvalue weighted by atomic mass is 9.94. The van der Waals surface area contributed by atoms with Gasteiger partial charge >= 0.3 is 12.1 Å². The molecule has 2 aromatic carbocycles. The number of benzene rings is 2. The van der Waals surface area contributed by atoms with Crippen molar-refractivity contribution in [2.45, 2.75) is 37.8 Å². The molecule has 1 heterocycles. The fourth-order valence-corrected chi connectivity index (χ4v) is 5.05. The number of fused-ring (bicyclic) bond motifs is 2. The zero-order chi connectivity index (χ0) is 25.4. The van der Waals surface area contributed by atoms with Crippen LogP contribution in [-0.4, -0.2) is 53.9 Å². The zero-order valence-corrected chi connectivity index (χ0v) is 20.6. The van der Waals surface area contributed by atoms with Crippen LogP contribution < -0.4 is 10.6 Å². The lowest BCUT2D eigenvalue weighted by Gasteiger charge is -2.25. The first kappa shape index (κ1) is 24.1. The maximum atomic E-state index is 13.5. The van der Waals surface area contributed by atoms with Gasteiger partial charge in [0.2, 0.25) is 11.5 Å². The monoisotopic (exact) mass is 510 g/mol. The molecule has 1 saturated heterocycles. The molecule has 188 valence electrons. The number of imide groups is 1. The average Bonchev–Trinajstić information content (AvgIpc) is 3.57. The highest BCUT2D eigenvalue weighted by atomic mass is 35.5. The number of carbonyl (C=O) groups excluding carboxylic acids is 4. The quantitative estimate of drug-likeness (QED) is 0.591. The Labute approximate surface area is 213 Å². The minimum atomic E-state index is -1.44. The molecule has 1 spiro atoms. The van der Waals surface area contributed by atoms with Crippen molar-refractivity contribution in [2.24, 2.45) is 5.92 Å². The maximum absolute atomic E-state index is 13.5. The molecule has 36 heavy (non-hydrogen) atoms. The smallest absolute Gasteiger partial charge is 0.418 e. The molecular weight excluding hydrogens is 484 g/mol. The number of nitrogens with zero attached hydrogens (tertiary/aromatic N) is 2. The molecule has 0 aromatic heterocycles. The van der Waals surface area contributed by atoms with E-state index >= 15 is 0 Å². The zero-order valence-electron chi connectivity index (χ0n) is 19.9. The van der Waals surface area contributed by atoms with Gasteiger partial charge in [0.25, 0.3) is 5.91 Å². The second-order valence-corrected chi connectivity index (χ2v) is 9.88. The molecule has 0 radical (unpaired) electrons. The molecule has 2 aromatic rings. The third-order valence-electron chi connectivity index (χ3n) is 6.98. The SMILES string of the molecule is CNC(=O)Nc1ccc2c(c1)CC[C@@]21OC(=O)N(CC(=O)N(Cc2ccccc2Cl)CC2CC2)C1=O. The molecule has 0 bridgehead atoms. The van der Waals surface area contributed by atoms with E-state index in [0.717, 1.165) is 28.9 Å². The van der Waals surface area contributed by atoms with Gasteiger partial charge in [-0.15, -0.1) is 0 Å². The van der Waals surface area contributed by atoms with Crippen molar-refractivity contribution in [1.29, 1.82) is 0 Å². The fraction of sp³-hybridized carbons (Fsp3) is 0.385. The second kappa shape index (κ2) is 9.46. The Morgan fingerprint density at radius 3 is 2.69 bits per heavy atom. The van der Waals surface area contributed by atoms with Gasteiger partial charge in [0.05, 0.1) is 0 Å². The van der Waals surface area contributed by atoms with Gasteiger partial charge in [-0.25, -0.2) is 14.5 Å². The van der Waals surface area contributed by atoms with Crippen LogP contribution in [0.3, 0.4) is 0 Å². The van der Waals surface area contributed by atoms with Crippen LogP contribution in [0.25, 0.3) is 0 Å². The number of ether oxygens (including phenoxy) is 1. The largest absolute Gasteiger partial charge is 0.427 e. The van der Waals surface area contributed by atoms with E-state index in [1.807, 2.05) is 18.2 Å². The van der Waals surface area contributed by atoms with E-state index in [0.29, 0.717) is 41.7 Å². The number of amides is 5. The van der Waals surface area contributed by atoms with Crippen LogP contribution in [0, 0.1) is 5.92 Å². The van der Waals surface area contributed by atoms with Crippen LogP contribution in [-0.2, 0) is 32.9 Å². The predicted molar refractivity (Wildman–Crippen MR) is 132 cm³/mol. The van der Waals surface area contributed by atoms with Crippen molar-refractivity contribution in [3.05, 3.63) is 64.2 Å². The Morgan fingerprint density at radius 2 is 1.97 bits per heavy atom. The van der Waals surface area contributed by atoms with Gasteiger partial charge in [-0.1, -0.05) is 35.9 Å². The first-order valence-electron chi connectivity index (χ1n) is 12.0. The van der Waals surface area contributed by atoms with Crippen LogP contribution >= 0.6 is 11.6 Å². The molecule has 0 unspecified atom stereocenters. The molecule has 5 amide bonds. The summed E-state index contributed by atoms with van der Waals surface area (Å²) in [6, 6.07) is 12.1. The van der Waals surface area contributed by atoms with Crippen molar-refractivity contribution in [1.82, 2.24) is 15.1 Å². The third-order valence-corrected chi connectivity index (χ3v) is 7.35. The summed E-state index contributed by atoms with van der Waals surface area (Å²) in [7, 11) is 1.52. The van der Waals surface area contributed by atoms with Gasteiger partial charge in [0.15, 0.2) is 0 Å². The molecule has 9 nitrogen and oxygen atoms in total. The van der Waals surface area contributed by atoms with E-state index in [2.05, 4.69) is 10.6 Å². The summed E-state index contributed by atoms with van der Waals surface area (Å²) in [6.45, 7) is 0.472. The van der Waals surface area contributed by atoms with Gasteiger partial charge in [-0.3, -0.25) is 9.59 Å². The molecule has 2 N–H and O–H groups in total. The van der Waals surface area contributed by atoms with Crippen LogP contribution in [0.2, 0.25) is 5.02 Å². The lowest BCUT2D eigenvalue weighted by Crippen LogP contribution is -2.45. The Kier molecular flexibility index (Phi) is 6.34. The van der Waals surface area contributed by atoms with Gasteiger partial charge in [-0.2, -0.15) is 0 Å². The van der Waals surface area contributed by atoms with Crippen LogP contribution in [0.15, 0.2) is 42.5 Å². The summed E-state index contributed by atoms with van der Waals surface area (Å²) < 4.78 is 5.66. The number of urea groups is 1. The molecule has 10 heteroatoms. The number of aryl methyl sites for hydroxylation is 1. The average molecular weight is 511 g/mol. The first-order chi connectivity index (χ1) is 17.3. The first-order valence-corrected chi connectivity index (χ1v) is 12.4.